The molecule has 102 valence electrons. The van der Waals surface area contributed by atoms with Gasteiger partial charge >= 0.3 is 0 Å². The molecule has 1 aliphatic heterocycles. The molecule has 1 aliphatic rings. The van der Waals surface area contributed by atoms with E-state index in [1.165, 1.54) is 0 Å². The summed E-state index contributed by atoms with van der Waals surface area (Å²) in [5.74, 6) is 0.837. The number of aromatic nitrogens is 2. The second-order valence-corrected chi connectivity index (χ2v) is 5.45. The fourth-order valence-corrected chi connectivity index (χ4v) is 2.63. The normalized spacial score (nSPS) is 19.0. The van der Waals surface area contributed by atoms with Crippen LogP contribution in [-0.4, -0.2) is 38.3 Å². The summed E-state index contributed by atoms with van der Waals surface area (Å²) in [6.45, 7) is 3.38. The SMILES string of the molecule is CC1(O)CCN(c2nc3ccccn3c2CO)CC1. The van der Waals surface area contributed by atoms with Crippen molar-refractivity contribution in [1.82, 2.24) is 9.38 Å². The predicted octanol–water partition coefficient (Wildman–Crippen LogP) is 1.18. The van der Waals surface area contributed by atoms with E-state index < -0.39 is 5.60 Å². The van der Waals surface area contributed by atoms with Gasteiger partial charge in [-0.25, -0.2) is 4.98 Å². The van der Waals surface area contributed by atoms with Crippen LogP contribution in [0.3, 0.4) is 0 Å². The number of nitrogens with zero attached hydrogens (tertiary/aromatic N) is 3. The zero-order valence-corrected chi connectivity index (χ0v) is 11.1. The maximum atomic E-state index is 10.0. The third-order valence-corrected chi connectivity index (χ3v) is 3.90. The maximum Gasteiger partial charge on any atom is 0.153 e. The molecule has 5 nitrogen and oxygen atoms in total. The Labute approximate surface area is 112 Å². The molecule has 0 atom stereocenters. The third-order valence-electron chi connectivity index (χ3n) is 3.90. The van der Waals surface area contributed by atoms with Crippen molar-refractivity contribution in [3.63, 3.8) is 0 Å². The van der Waals surface area contributed by atoms with Crippen LogP contribution >= 0.6 is 0 Å². The van der Waals surface area contributed by atoms with Crippen LogP contribution in [0, 0.1) is 0 Å². The lowest BCUT2D eigenvalue weighted by molar-refractivity contribution is 0.0350. The number of fused-ring (bicyclic) bond motifs is 1. The fourth-order valence-electron chi connectivity index (χ4n) is 2.63. The van der Waals surface area contributed by atoms with Gasteiger partial charge in [-0.15, -0.1) is 0 Å². The Morgan fingerprint density at radius 1 is 1.32 bits per heavy atom. The largest absolute Gasteiger partial charge is 0.390 e. The van der Waals surface area contributed by atoms with E-state index in [2.05, 4.69) is 9.88 Å². The molecule has 0 bridgehead atoms. The highest BCUT2D eigenvalue weighted by Crippen LogP contribution is 2.28. The summed E-state index contributed by atoms with van der Waals surface area (Å²) in [7, 11) is 0. The highest BCUT2D eigenvalue weighted by atomic mass is 16.3. The number of pyridine rings is 1. The molecular weight excluding hydrogens is 242 g/mol. The first-order valence-electron chi connectivity index (χ1n) is 6.65. The predicted molar refractivity (Wildman–Crippen MR) is 73.2 cm³/mol. The van der Waals surface area contributed by atoms with Gasteiger partial charge in [0.1, 0.15) is 5.65 Å². The molecule has 2 aromatic rings. The van der Waals surface area contributed by atoms with Crippen molar-refractivity contribution in [2.45, 2.75) is 32.0 Å². The number of hydrogen-bond donors (Lipinski definition) is 2. The van der Waals surface area contributed by atoms with Gasteiger partial charge < -0.3 is 15.1 Å². The monoisotopic (exact) mass is 261 g/mol. The molecule has 1 saturated heterocycles. The first-order valence-corrected chi connectivity index (χ1v) is 6.65. The van der Waals surface area contributed by atoms with Crippen molar-refractivity contribution in [2.24, 2.45) is 0 Å². The van der Waals surface area contributed by atoms with Crippen LogP contribution in [0.4, 0.5) is 5.82 Å². The average molecular weight is 261 g/mol. The molecule has 0 aliphatic carbocycles. The number of rotatable bonds is 2. The van der Waals surface area contributed by atoms with Crippen molar-refractivity contribution in [1.29, 1.82) is 0 Å². The Kier molecular flexibility index (Phi) is 2.95. The topological polar surface area (TPSA) is 61.0 Å². The molecule has 5 heteroatoms. The van der Waals surface area contributed by atoms with Crippen molar-refractivity contribution >= 4 is 11.5 Å². The summed E-state index contributed by atoms with van der Waals surface area (Å²) in [4.78, 5) is 6.75. The molecule has 2 N–H and O–H groups in total. The van der Waals surface area contributed by atoms with E-state index >= 15 is 0 Å². The van der Waals surface area contributed by atoms with Gasteiger partial charge in [-0.05, 0) is 31.9 Å². The molecule has 0 aromatic carbocycles. The lowest BCUT2D eigenvalue weighted by Crippen LogP contribution is -2.43. The van der Waals surface area contributed by atoms with Crippen LogP contribution in [0.25, 0.3) is 5.65 Å². The third kappa shape index (κ3) is 2.19. The lowest BCUT2D eigenvalue weighted by atomic mass is 9.94. The molecule has 2 aromatic heterocycles. The summed E-state index contributed by atoms with van der Waals surface area (Å²) in [5.41, 5.74) is 1.09. The standard InChI is InChI=1S/C14H19N3O2/c1-14(19)5-8-16(9-6-14)13-11(10-18)17-7-3-2-4-12(17)15-13/h2-4,7,18-19H,5-6,8-10H2,1H3. The zero-order valence-electron chi connectivity index (χ0n) is 11.1. The van der Waals surface area contributed by atoms with Gasteiger partial charge in [0, 0.05) is 19.3 Å². The Morgan fingerprint density at radius 2 is 2.05 bits per heavy atom. The van der Waals surface area contributed by atoms with Gasteiger partial charge in [-0.2, -0.15) is 0 Å². The zero-order chi connectivity index (χ0) is 13.5. The molecule has 0 amide bonds. The fraction of sp³-hybridized carbons (Fsp3) is 0.500. The van der Waals surface area contributed by atoms with Crippen LogP contribution in [0.5, 0.6) is 0 Å². The molecule has 0 saturated carbocycles. The molecule has 0 spiro atoms. The maximum absolute atomic E-state index is 10.0. The summed E-state index contributed by atoms with van der Waals surface area (Å²) >= 11 is 0. The van der Waals surface area contributed by atoms with Crippen molar-refractivity contribution in [3.05, 3.63) is 30.1 Å². The molecule has 3 rings (SSSR count). The summed E-state index contributed by atoms with van der Waals surface area (Å²) in [6, 6.07) is 5.80. The van der Waals surface area contributed by atoms with E-state index in [1.54, 1.807) is 0 Å². The second kappa shape index (κ2) is 4.51. The lowest BCUT2D eigenvalue weighted by Gasteiger charge is -2.36. The number of aliphatic hydroxyl groups is 2. The van der Waals surface area contributed by atoms with Crippen LogP contribution in [0.15, 0.2) is 24.4 Å². The highest BCUT2D eigenvalue weighted by molar-refractivity contribution is 5.56. The van der Waals surface area contributed by atoms with Crippen LogP contribution < -0.4 is 4.90 Å². The molecule has 3 heterocycles. The Hall–Kier alpha value is -1.59. The summed E-state index contributed by atoms with van der Waals surface area (Å²) in [5, 5.41) is 19.6. The minimum Gasteiger partial charge on any atom is -0.390 e. The Balaban J connectivity index is 1.97. The van der Waals surface area contributed by atoms with Crippen LogP contribution in [0.1, 0.15) is 25.5 Å². The number of imidazole rings is 1. The van der Waals surface area contributed by atoms with Crippen molar-refractivity contribution in [2.75, 3.05) is 18.0 Å². The van der Waals surface area contributed by atoms with E-state index in [1.807, 2.05) is 35.7 Å². The number of hydrogen-bond acceptors (Lipinski definition) is 4. The summed E-state index contributed by atoms with van der Waals surface area (Å²) < 4.78 is 1.92. The minimum atomic E-state index is -0.574. The first kappa shape index (κ1) is 12.4. The molecule has 1 fully saturated rings. The van der Waals surface area contributed by atoms with E-state index in [9.17, 15) is 10.2 Å². The highest BCUT2D eigenvalue weighted by Gasteiger charge is 2.29. The van der Waals surface area contributed by atoms with Gasteiger partial charge in [0.2, 0.25) is 0 Å². The van der Waals surface area contributed by atoms with E-state index in [-0.39, 0.29) is 6.61 Å². The first-order chi connectivity index (χ1) is 9.11. The van der Waals surface area contributed by atoms with Gasteiger partial charge in [-0.3, -0.25) is 4.40 Å². The Bertz CT molecular complexity index is 581. The number of piperidine rings is 1. The van der Waals surface area contributed by atoms with Gasteiger partial charge in [0.15, 0.2) is 5.82 Å². The molecule has 0 radical (unpaired) electrons. The number of aliphatic hydroxyl groups excluding tert-OH is 1. The van der Waals surface area contributed by atoms with Crippen molar-refractivity contribution < 1.29 is 10.2 Å². The average Bonchev–Trinajstić information content (AvgIpc) is 2.77. The van der Waals surface area contributed by atoms with Crippen LogP contribution in [0.2, 0.25) is 0 Å². The minimum absolute atomic E-state index is 0.0343. The summed E-state index contributed by atoms with van der Waals surface area (Å²) in [6.07, 6.45) is 3.37. The Morgan fingerprint density at radius 3 is 2.74 bits per heavy atom. The molecular formula is C14H19N3O2. The molecule has 19 heavy (non-hydrogen) atoms. The number of anilines is 1. The molecule has 0 unspecified atom stereocenters. The van der Waals surface area contributed by atoms with Crippen LogP contribution in [-0.2, 0) is 6.61 Å². The quantitative estimate of drug-likeness (QED) is 0.852. The smallest absolute Gasteiger partial charge is 0.153 e. The van der Waals surface area contributed by atoms with E-state index in [4.69, 9.17) is 0 Å². The van der Waals surface area contributed by atoms with Gasteiger partial charge in [0.25, 0.3) is 0 Å². The van der Waals surface area contributed by atoms with E-state index in [0.717, 1.165) is 43.1 Å². The van der Waals surface area contributed by atoms with Gasteiger partial charge in [-0.1, -0.05) is 6.07 Å². The van der Waals surface area contributed by atoms with Crippen molar-refractivity contribution in [3.8, 4) is 0 Å². The second-order valence-electron chi connectivity index (χ2n) is 5.45. The van der Waals surface area contributed by atoms with E-state index in [0.29, 0.717) is 0 Å². The van der Waals surface area contributed by atoms with Gasteiger partial charge in [0.05, 0.1) is 17.9 Å².